The van der Waals surface area contributed by atoms with Crippen molar-refractivity contribution in [2.24, 2.45) is 7.05 Å². The van der Waals surface area contributed by atoms with Gasteiger partial charge in [0.1, 0.15) is 18.2 Å². The molecule has 6 nitrogen and oxygen atoms in total. The first kappa shape index (κ1) is 21.2. The van der Waals surface area contributed by atoms with Crippen LogP contribution in [0.3, 0.4) is 0 Å². The van der Waals surface area contributed by atoms with Crippen LogP contribution in [0.4, 0.5) is 18.9 Å². The van der Waals surface area contributed by atoms with E-state index in [1.54, 1.807) is 0 Å². The highest BCUT2D eigenvalue weighted by Crippen LogP contribution is 2.34. The van der Waals surface area contributed by atoms with Crippen LogP contribution in [0.2, 0.25) is 0 Å². The molecular weight excluding hydrogens is 423 g/mol. The highest BCUT2D eigenvalue weighted by atomic mass is 19.1. The molecule has 0 saturated heterocycles. The Morgan fingerprint density at radius 3 is 2.38 bits per heavy atom. The Morgan fingerprint density at radius 2 is 1.72 bits per heavy atom. The number of rotatable bonds is 4. The number of benzene rings is 3. The first-order valence-corrected chi connectivity index (χ1v) is 9.60. The lowest BCUT2D eigenvalue weighted by Gasteiger charge is -2.10. The minimum atomic E-state index is -0.917. The summed E-state index contributed by atoms with van der Waals surface area (Å²) >= 11 is 0. The number of amides is 1. The lowest BCUT2D eigenvalue weighted by molar-refractivity contribution is -0.116. The molecule has 1 aromatic heterocycles. The number of phenols is 1. The van der Waals surface area contributed by atoms with E-state index in [1.165, 1.54) is 59.5 Å². The van der Waals surface area contributed by atoms with Gasteiger partial charge in [-0.25, -0.2) is 18.0 Å². The first-order valence-electron chi connectivity index (χ1n) is 9.60. The van der Waals surface area contributed by atoms with E-state index < -0.39 is 34.8 Å². The summed E-state index contributed by atoms with van der Waals surface area (Å²) in [5.41, 5.74) is 0.553. The average molecular weight is 441 g/mol. The van der Waals surface area contributed by atoms with Crippen molar-refractivity contribution in [3.05, 3.63) is 82.0 Å². The van der Waals surface area contributed by atoms with Gasteiger partial charge in [-0.15, -0.1) is 0 Å². The summed E-state index contributed by atoms with van der Waals surface area (Å²) in [6.45, 7) is 1.10. The summed E-state index contributed by atoms with van der Waals surface area (Å²) in [4.78, 5) is 25.4. The number of aryl methyl sites for hydroxylation is 2. The van der Waals surface area contributed by atoms with Crippen LogP contribution in [-0.4, -0.2) is 20.1 Å². The van der Waals surface area contributed by atoms with Crippen molar-refractivity contribution in [2.75, 3.05) is 5.32 Å². The molecule has 0 aliphatic carbocycles. The third-order valence-corrected chi connectivity index (χ3v) is 5.22. The van der Waals surface area contributed by atoms with Crippen LogP contribution in [0, 0.1) is 24.4 Å². The summed E-state index contributed by atoms with van der Waals surface area (Å²) in [6.07, 6.45) is 0. The number of hydrogen-bond donors (Lipinski definition) is 2. The molecule has 164 valence electrons. The van der Waals surface area contributed by atoms with Crippen LogP contribution >= 0.6 is 0 Å². The Hall–Kier alpha value is -4.01. The predicted molar refractivity (Wildman–Crippen MR) is 114 cm³/mol. The lowest BCUT2D eigenvalue weighted by atomic mass is 10.0. The molecule has 0 unspecified atom stereocenters. The fourth-order valence-electron chi connectivity index (χ4n) is 3.68. The smallest absolute Gasteiger partial charge is 0.329 e. The maximum atomic E-state index is 14.9. The maximum absolute atomic E-state index is 14.9. The molecule has 2 N–H and O–H groups in total. The number of nitrogens with zero attached hydrogens (tertiary/aromatic N) is 2. The second kappa shape index (κ2) is 7.92. The van der Waals surface area contributed by atoms with Crippen LogP contribution in [0.5, 0.6) is 5.75 Å². The van der Waals surface area contributed by atoms with Gasteiger partial charge in [0.25, 0.3) is 0 Å². The van der Waals surface area contributed by atoms with Crippen molar-refractivity contribution in [2.45, 2.75) is 13.5 Å². The largest absolute Gasteiger partial charge is 0.505 e. The van der Waals surface area contributed by atoms with Gasteiger partial charge in [-0.2, -0.15) is 0 Å². The number of imidazole rings is 1. The number of hydrogen-bond acceptors (Lipinski definition) is 3. The molecule has 0 fully saturated rings. The van der Waals surface area contributed by atoms with Gasteiger partial charge in [0.2, 0.25) is 5.91 Å². The van der Waals surface area contributed by atoms with E-state index in [0.29, 0.717) is 5.69 Å². The minimum Gasteiger partial charge on any atom is -0.505 e. The zero-order chi connectivity index (χ0) is 23.2. The Kier molecular flexibility index (Phi) is 5.25. The Morgan fingerprint density at radius 1 is 1.03 bits per heavy atom. The van der Waals surface area contributed by atoms with E-state index in [1.807, 2.05) is 0 Å². The Bertz CT molecular complexity index is 1400. The van der Waals surface area contributed by atoms with Crippen LogP contribution in [0.1, 0.15) is 5.56 Å². The zero-order valence-corrected chi connectivity index (χ0v) is 17.1. The summed E-state index contributed by atoms with van der Waals surface area (Å²) in [7, 11) is 1.42. The molecule has 3 aromatic carbocycles. The molecule has 0 spiro atoms. The molecule has 9 heteroatoms. The van der Waals surface area contributed by atoms with Gasteiger partial charge < -0.3 is 10.4 Å². The van der Waals surface area contributed by atoms with Gasteiger partial charge in [-0.05, 0) is 66.6 Å². The molecule has 1 heterocycles. The third kappa shape index (κ3) is 3.62. The van der Waals surface area contributed by atoms with E-state index in [2.05, 4.69) is 5.32 Å². The number of halogens is 3. The number of aromatic hydroxyl groups is 1. The van der Waals surface area contributed by atoms with Crippen molar-refractivity contribution >= 4 is 22.6 Å². The number of anilines is 1. The SMILES string of the molecule is Cc1cc(-c2c(F)ccc3c2n(C)c(=O)n3CC(=O)Nc2ccc(F)cc2)cc(F)c1O. The molecule has 32 heavy (non-hydrogen) atoms. The van der Waals surface area contributed by atoms with Crippen LogP contribution in [0.15, 0.2) is 53.3 Å². The molecule has 0 aliphatic heterocycles. The second-order valence-corrected chi connectivity index (χ2v) is 7.40. The van der Waals surface area contributed by atoms with Gasteiger partial charge in [-0.1, -0.05) is 0 Å². The number of phenolic OH excluding ortho intramolecular Hbond substituents is 1. The topological polar surface area (TPSA) is 76.3 Å². The number of fused-ring (bicyclic) bond motifs is 1. The number of aromatic nitrogens is 2. The molecular formula is C23H18F3N3O3. The Balaban J connectivity index is 1.80. The third-order valence-electron chi connectivity index (χ3n) is 5.22. The quantitative estimate of drug-likeness (QED) is 0.501. The summed E-state index contributed by atoms with van der Waals surface area (Å²) in [5, 5.41) is 12.3. The van der Waals surface area contributed by atoms with E-state index >= 15 is 0 Å². The van der Waals surface area contributed by atoms with Gasteiger partial charge in [0.05, 0.1) is 11.0 Å². The van der Waals surface area contributed by atoms with Crippen molar-refractivity contribution in [3.63, 3.8) is 0 Å². The molecule has 0 bridgehead atoms. The minimum absolute atomic E-state index is 0.0261. The van der Waals surface area contributed by atoms with E-state index in [9.17, 15) is 27.9 Å². The van der Waals surface area contributed by atoms with E-state index in [-0.39, 0.29) is 34.3 Å². The number of nitrogens with one attached hydrogen (secondary N) is 1. The van der Waals surface area contributed by atoms with E-state index in [4.69, 9.17) is 0 Å². The fourth-order valence-corrected chi connectivity index (χ4v) is 3.68. The van der Waals surface area contributed by atoms with Crippen molar-refractivity contribution < 1.29 is 23.1 Å². The monoisotopic (exact) mass is 441 g/mol. The molecule has 0 saturated carbocycles. The van der Waals surface area contributed by atoms with Crippen LogP contribution in [-0.2, 0) is 18.4 Å². The van der Waals surface area contributed by atoms with Gasteiger partial charge in [0.15, 0.2) is 11.6 Å². The average Bonchev–Trinajstić information content (AvgIpc) is 2.98. The maximum Gasteiger partial charge on any atom is 0.329 e. The summed E-state index contributed by atoms with van der Waals surface area (Å²) in [5.74, 6) is -3.14. The fraction of sp³-hybridized carbons (Fsp3) is 0.130. The normalized spacial score (nSPS) is 11.2. The summed E-state index contributed by atoms with van der Waals surface area (Å²) in [6, 6.07) is 10.0. The predicted octanol–water partition coefficient (Wildman–Crippen LogP) is 4.08. The van der Waals surface area contributed by atoms with Crippen molar-refractivity contribution in [1.29, 1.82) is 0 Å². The van der Waals surface area contributed by atoms with Gasteiger partial charge in [0, 0.05) is 18.3 Å². The molecule has 0 aliphatic rings. The molecule has 0 radical (unpaired) electrons. The van der Waals surface area contributed by atoms with Crippen LogP contribution in [0.25, 0.3) is 22.2 Å². The molecule has 0 atom stereocenters. The highest BCUT2D eigenvalue weighted by Gasteiger charge is 2.21. The number of carbonyl (C=O) groups excluding carboxylic acids is 1. The molecule has 4 aromatic rings. The highest BCUT2D eigenvalue weighted by molar-refractivity contribution is 5.95. The van der Waals surface area contributed by atoms with Crippen molar-refractivity contribution in [1.82, 2.24) is 9.13 Å². The first-order chi connectivity index (χ1) is 15.2. The van der Waals surface area contributed by atoms with E-state index in [0.717, 1.165) is 12.1 Å². The Labute approximate surface area is 180 Å². The zero-order valence-electron chi connectivity index (χ0n) is 17.1. The molecule has 4 rings (SSSR count). The second-order valence-electron chi connectivity index (χ2n) is 7.40. The lowest BCUT2D eigenvalue weighted by Crippen LogP contribution is -2.28. The van der Waals surface area contributed by atoms with Crippen LogP contribution < -0.4 is 11.0 Å². The van der Waals surface area contributed by atoms with Gasteiger partial charge >= 0.3 is 5.69 Å². The van der Waals surface area contributed by atoms with Gasteiger partial charge in [-0.3, -0.25) is 13.9 Å². The standard InChI is InChI=1S/C23H18F3N3O3/c1-12-9-13(10-17(26)22(12)31)20-16(25)7-8-18-21(20)28(2)23(32)29(18)11-19(30)27-15-5-3-14(24)4-6-15/h3-10,31H,11H2,1-2H3,(H,27,30). The molecule has 1 amide bonds. The van der Waals surface area contributed by atoms with Crippen molar-refractivity contribution in [3.8, 4) is 16.9 Å². The summed E-state index contributed by atoms with van der Waals surface area (Å²) < 4.78 is 44.4. The number of carbonyl (C=O) groups is 1.